The molecule has 4 aliphatic rings. The maximum Gasteiger partial charge on any atom is 0.305 e. The summed E-state index contributed by atoms with van der Waals surface area (Å²) in [5.41, 5.74) is 1.39. The fourth-order valence-electron chi connectivity index (χ4n) is 6.72. The van der Waals surface area contributed by atoms with Crippen molar-refractivity contribution in [3.8, 4) is 0 Å². The minimum Gasteiger partial charge on any atom is -0.459 e. The number of carbonyl (C=O) groups excluding carboxylic acids is 2. The molecule has 148 valence electrons. The molecular weight excluding hydrogens is 340 g/mol. The third kappa shape index (κ3) is 3.15. The Morgan fingerprint density at radius 3 is 2.81 bits per heavy atom. The Bertz CT molecular complexity index is 690. The van der Waals surface area contributed by atoms with Gasteiger partial charge in [0.1, 0.15) is 11.5 Å². The van der Waals surface area contributed by atoms with Crippen LogP contribution in [0.5, 0.6) is 0 Å². The zero-order valence-corrected chi connectivity index (χ0v) is 16.8. The number of Topliss-reactive ketones (excluding diaryl/α,β-unsaturated/α-hetero) is 1. The summed E-state index contributed by atoms with van der Waals surface area (Å²) in [6, 6.07) is 0. The fourth-order valence-corrected chi connectivity index (χ4v) is 6.72. The number of hydrogen-bond acceptors (Lipinski definition) is 4. The van der Waals surface area contributed by atoms with E-state index in [0.717, 1.165) is 50.7 Å². The molecule has 2 saturated carbocycles. The number of fused-ring (bicyclic) bond motifs is 5. The molecule has 0 N–H and O–H groups in total. The molecule has 0 spiro atoms. The lowest BCUT2D eigenvalue weighted by Gasteiger charge is -2.51. The van der Waals surface area contributed by atoms with Gasteiger partial charge in [-0.3, -0.25) is 9.59 Å². The summed E-state index contributed by atoms with van der Waals surface area (Å²) in [6.07, 6.45) is 12.4. The van der Waals surface area contributed by atoms with Gasteiger partial charge in [0.25, 0.3) is 0 Å². The number of carbonyl (C=O) groups is 2. The predicted octanol–water partition coefficient (Wildman–Crippen LogP) is 4.94. The van der Waals surface area contributed by atoms with Gasteiger partial charge in [0, 0.05) is 32.1 Å². The van der Waals surface area contributed by atoms with E-state index in [1.807, 2.05) is 0 Å². The van der Waals surface area contributed by atoms with Gasteiger partial charge in [-0.15, -0.1) is 0 Å². The fraction of sp³-hybridized carbons (Fsp3) is 0.739. The standard InChI is InChI=1S/C23H32O4/c1-4-23-12-11-19-18-8-6-17(27-15(3)26-14(2)24)13-16(18)5-7-20(19)21(23)9-10-22(23)25/h5,13,15,18-21H,4,6-12H2,1-3H3/t15?,18-,19+,20+,21-,23-/m0/s1. The molecule has 4 nitrogen and oxygen atoms in total. The van der Waals surface area contributed by atoms with Gasteiger partial charge in [0.05, 0.1) is 0 Å². The number of allylic oxidation sites excluding steroid dienone is 4. The van der Waals surface area contributed by atoms with Crippen LogP contribution < -0.4 is 0 Å². The average Bonchev–Trinajstić information content (AvgIpc) is 2.97. The Labute approximate surface area is 162 Å². The van der Waals surface area contributed by atoms with Crippen LogP contribution in [-0.4, -0.2) is 18.0 Å². The lowest BCUT2D eigenvalue weighted by molar-refractivity contribution is -0.165. The van der Waals surface area contributed by atoms with Crippen molar-refractivity contribution >= 4 is 11.8 Å². The number of ketones is 1. The van der Waals surface area contributed by atoms with Crippen molar-refractivity contribution < 1.29 is 19.1 Å². The molecule has 0 amide bonds. The minimum atomic E-state index is -0.536. The number of esters is 1. The highest BCUT2D eigenvalue weighted by molar-refractivity contribution is 5.87. The second kappa shape index (κ2) is 7.10. The first kappa shape index (κ1) is 18.8. The largest absolute Gasteiger partial charge is 0.459 e. The second-order valence-corrected chi connectivity index (χ2v) is 8.93. The van der Waals surface area contributed by atoms with Gasteiger partial charge in [-0.05, 0) is 73.8 Å². The predicted molar refractivity (Wildman–Crippen MR) is 102 cm³/mol. The zero-order chi connectivity index (χ0) is 19.2. The molecule has 4 rings (SSSR count). The molecule has 4 aliphatic carbocycles. The van der Waals surface area contributed by atoms with E-state index in [1.54, 1.807) is 6.92 Å². The molecule has 0 aromatic rings. The Hall–Kier alpha value is -1.58. The minimum absolute atomic E-state index is 0.00918. The Kier molecular flexibility index (Phi) is 4.94. The third-order valence-electron chi connectivity index (χ3n) is 7.82. The number of rotatable bonds is 4. The molecule has 27 heavy (non-hydrogen) atoms. The SMILES string of the molecule is CC[C@]12CC[C@H]3[C@@H](CC=C4C=C(OC(C)OC(C)=O)CC[C@@H]43)[C@@H]1CCC2=O. The number of ether oxygens (including phenoxy) is 2. The van der Waals surface area contributed by atoms with Crippen molar-refractivity contribution in [2.24, 2.45) is 29.1 Å². The summed E-state index contributed by atoms with van der Waals surface area (Å²) in [5.74, 6) is 3.74. The highest BCUT2D eigenvalue weighted by Gasteiger charge is 2.56. The molecule has 6 atom stereocenters. The van der Waals surface area contributed by atoms with Crippen molar-refractivity contribution in [3.63, 3.8) is 0 Å². The zero-order valence-electron chi connectivity index (χ0n) is 16.8. The molecule has 2 fully saturated rings. The molecule has 0 saturated heterocycles. The Morgan fingerprint density at radius 1 is 1.26 bits per heavy atom. The van der Waals surface area contributed by atoms with Crippen LogP contribution in [0.1, 0.15) is 72.1 Å². The van der Waals surface area contributed by atoms with E-state index in [9.17, 15) is 9.59 Å². The molecule has 0 heterocycles. The number of hydrogen-bond donors (Lipinski definition) is 0. The molecule has 0 aromatic carbocycles. The van der Waals surface area contributed by atoms with Gasteiger partial charge in [0.15, 0.2) is 0 Å². The van der Waals surface area contributed by atoms with E-state index in [4.69, 9.17) is 9.47 Å². The van der Waals surface area contributed by atoms with E-state index in [0.29, 0.717) is 29.5 Å². The lowest BCUT2D eigenvalue weighted by Crippen LogP contribution is -2.46. The van der Waals surface area contributed by atoms with Crippen molar-refractivity contribution in [2.45, 2.75) is 78.4 Å². The van der Waals surface area contributed by atoms with Gasteiger partial charge >= 0.3 is 5.97 Å². The van der Waals surface area contributed by atoms with E-state index in [-0.39, 0.29) is 11.4 Å². The lowest BCUT2D eigenvalue weighted by atomic mass is 9.52. The van der Waals surface area contributed by atoms with Gasteiger partial charge in [-0.1, -0.05) is 13.0 Å². The third-order valence-corrected chi connectivity index (χ3v) is 7.82. The Balaban J connectivity index is 1.51. The quantitative estimate of drug-likeness (QED) is 0.518. The van der Waals surface area contributed by atoms with Gasteiger partial charge in [-0.2, -0.15) is 0 Å². The van der Waals surface area contributed by atoms with E-state index < -0.39 is 6.29 Å². The van der Waals surface area contributed by atoms with Gasteiger partial charge in [-0.25, -0.2) is 0 Å². The van der Waals surface area contributed by atoms with Crippen molar-refractivity contribution in [1.82, 2.24) is 0 Å². The molecule has 0 aliphatic heterocycles. The molecule has 0 radical (unpaired) electrons. The second-order valence-electron chi connectivity index (χ2n) is 8.93. The van der Waals surface area contributed by atoms with Crippen molar-refractivity contribution in [2.75, 3.05) is 0 Å². The van der Waals surface area contributed by atoms with Crippen LogP contribution in [0.2, 0.25) is 0 Å². The van der Waals surface area contributed by atoms with E-state index in [2.05, 4.69) is 19.1 Å². The first-order valence-corrected chi connectivity index (χ1v) is 10.7. The topological polar surface area (TPSA) is 52.6 Å². The molecule has 0 aromatic heterocycles. The smallest absolute Gasteiger partial charge is 0.305 e. The average molecular weight is 373 g/mol. The van der Waals surface area contributed by atoms with E-state index >= 15 is 0 Å². The molecule has 4 heteroatoms. The maximum absolute atomic E-state index is 12.7. The van der Waals surface area contributed by atoms with Crippen LogP contribution in [0.15, 0.2) is 23.5 Å². The van der Waals surface area contributed by atoms with E-state index in [1.165, 1.54) is 18.9 Å². The highest BCUT2D eigenvalue weighted by Crippen LogP contribution is 2.61. The van der Waals surface area contributed by atoms with Gasteiger partial charge < -0.3 is 9.47 Å². The molecule has 1 unspecified atom stereocenters. The summed E-state index contributed by atoms with van der Waals surface area (Å²) in [5, 5.41) is 0. The van der Waals surface area contributed by atoms with Crippen LogP contribution in [0.25, 0.3) is 0 Å². The summed E-state index contributed by atoms with van der Waals surface area (Å²) in [4.78, 5) is 23.8. The first-order chi connectivity index (χ1) is 12.9. The molecule has 0 bridgehead atoms. The van der Waals surface area contributed by atoms with Crippen LogP contribution in [0.3, 0.4) is 0 Å². The van der Waals surface area contributed by atoms with Crippen LogP contribution in [0, 0.1) is 29.1 Å². The first-order valence-electron chi connectivity index (χ1n) is 10.7. The summed E-state index contributed by atoms with van der Waals surface area (Å²) in [7, 11) is 0. The summed E-state index contributed by atoms with van der Waals surface area (Å²) in [6.45, 7) is 5.39. The van der Waals surface area contributed by atoms with Crippen LogP contribution in [0.4, 0.5) is 0 Å². The Morgan fingerprint density at radius 2 is 2.07 bits per heavy atom. The maximum atomic E-state index is 12.7. The van der Waals surface area contributed by atoms with Crippen LogP contribution >= 0.6 is 0 Å². The molecular formula is C23H32O4. The summed E-state index contributed by atoms with van der Waals surface area (Å²) >= 11 is 0. The van der Waals surface area contributed by atoms with Crippen LogP contribution in [-0.2, 0) is 19.1 Å². The highest BCUT2D eigenvalue weighted by atomic mass is 16.7. The monoisotopic (exact) mass is 372 g/mol. The van der Waals surface area contributed by atoms with Crippen molar-refractivity contribution in [1.29, 1.82) is 0 Å². The summed E-state index contributed by atoms with van der Waals surface area (Å²) < 4.78 is 10.9. The van der Waals surface area contributed by atoms with Crippen molar-refractivity contribution in [3.05, 3.63) is 23.5 Å². The van der Waals surface area contributed by atoms with Gasteiger partial charge in [0.2, 0.25) is 6.29 Å². The normalized spacial score (nSPS) is 38.7.